The second-order valence-corrected chi connectivity index (χ2v) is 25.6. The summed E-state index contributed by atoms with van der Waals surface area (Å²) < 4.78 is 5.48. The van der Waals surface area contributed by atoms with Gasteiger partial charge in [0.25, 0.3) is 0 Å². The summed E-state index contributed by atoms with van der Waals surface area (Å²) in [6.07, 6.45) is 95.0. The summed E-state index contributed by atoms with van der Waals surface area (Å²) in [5.74, 6) is -0.0566. The highest BCUT2D eigenvalue weighted by Gasteiger charge is 2.18. The molecule has 0 aliphatic carbocycles. The first-order valence-corrected chi connectivity index (χ1v) is 37.4. The lowest BCUT2D eigenvalue weighted by Crippen LogP contribution is -2.45. The van der Waals surface area contributed by atoms with Gasteiger partial charge in [-0.3, -0.25) is 9.59 Å². The van der Waals surface area contributed by atoms with Crippen LogP contribution in [0.15, 0.2) is 48.6 Å². The normalized spacial score (nSPS) is 12.8. The summed E-state index contributed by atoms with van der Waals surface area (Å²) in [5.41, 5.74) is 0. The predicted octanol–water partition coefficient (Wildman–Crippen LogP) is 24.4. The molecule has 0 saturated heterocycles. The number of aliphatic hydroxyl groups is 2. The number of unbranched alkanes of at least 4 members (excludes halogenated alkanes) is 53. The second-order valence-electron chi connectivity index (χ2n) is 25.6. The molecule has 0 heterocycles. The Kier molecular flexibility index (Phi) is 70.4. The van der Waals surface area contributed by atoms with Crippen molar-refractivity contribution in [3.8, 4) is 0 Å². The van der Waals surface area contributed by atoms with Gasteiger partial charge >= 0.3 is 5.97 Å². The number of hydrogen-bond acceptors (Lipinski definition) is 5. The molecule has 0 fully saturated rings. The van der Waals surface area contributed by atoms with E-state index in [0.29, 0.717) is 19.4 Å². The van der Waals surface area contributed by atoms with Crippen LogP contribution in [0.5, 0.6) is 0 Å². The number of rotatable bonds is 70. The average Bonchev–Trinajstić information content (AvgIpc) is 3.49. The van der Waals surface area contributed by atoms with E-state index in [0.717, 1.165) is 51.4 Å². The molecule has 0 bridgehead atoms. The molecule has 0 radical (unpaired) electrons. The van der Waals surface area contributed by atoms with Gasteiger partial charge in [0.1, 0.15) is 0 Å². The van der Waals surface area contributed by atoms with Crippen molar-refractivity contribution in [2.45, 2.75) is 418 Å². The van der Waals surface area contributed by atoms with Crippen LogP contribution >= 0.6 is 0 Å². The van der Waals surface area contributed by atoms with Crippen LogP contribution in [0.4, 0.5) is 0 Å². The van der Waals surface area contributed by atoms with Crippen LogP contribution in [0.2, 0.25) is 0 Å². The molecule has 0 rings (SSSR count). The van der Waals surface area contributed by atoms with Crippen LogP contribution in [0, 0.1) is 0 Å². The first-order chi connectivity index (χ1) is 41.0. The summed E-state index contributed by atoms with van der Waals surface area (Å²) in [6.45, 7) is 4.87. The number of carbonyl (C=O) groups is 2. The van der Waals surface area contributed by atoms with Gasteiger partial charge < -0.3 is 20.3 Å². The smallest absolute Gasteiger partial charge is 0.305 e. The number of ether oxygens (including phenoxy) is 1. The van der Waals surface area contributed by atoms with Crippen molar-refractivity contribution in [2.75, 3.05) is 13.2 Å². The van der Waals surface area contributed by atoms with E-state index in [1.165, 1.54) is 327 Å². The van der Waals surface area contributed by atoms with Gasteiger partial charge in [0.15, 0.2) is 0 Å². The SMILES string of the molecule is CCC/C=C\C/C=C\CCCCCCCC(=O)OCCCCCCCCCCCCCCCC/C=C\CCCCCCCCCCCCCCCCCCCC(=O)NC(CO)C(O)/C=C/CCCCCCCCCCCCCCCCCC. The van der Waals surface area contributed by atoms with Crippen LogP contribution in [0.1, 0.15) is 406 Å². The summed E-state index contributed by atoms with van der Waals surface area (Å²) in [4.78, 5) is 24.6. The molecule has 6 heteroatoms. The number of esters is 1. The quantitative estimate of drug-likeness (QED) is 0.0320. The molecule has 0 saturated carbocycles. The van der Waals surface area contributed by atoms with Crippen molar-refractivity contribution in [2.24, 2.45) is 0 Å². The molecule has 83 heavy (non-hydrogen) atoms. The van der Waals surface area contributed by atoms with E-state index in [2.05, 4.69) is 55.6 Å². The molecule has 1 amide bonds. The zero-order chi connectivity index (χ0) is 59.9. The number of nitrogens with one attached hydrogen (secondary N) is 1. The number of aliphatic hydroxyl groups excluding tert-OH is 2. The van der Waals surface area contributed by atoms with Crippen molar-refractivity contribution >= 4 is 11.9 Å². The largest absolute Gasteiger partial charge is 0.466 e. The van der Waals surface area contributed by atoms with Gasteiger partial charge in [-0.05, 0) is 83.5 Å². The third-order valence-corrected chi connectivity index (χ3v) is 17.3. The summed E-state index contributed by atoms with van der Waals surface area (Å²) in [5, 5.41) is 23.2. The average molecular weight is 1170 g/mol. The Bertz CT molecular complexity index is 1390. The maximum Gasteiger partial charge on any atom is 0.305 e. The van der Waals surface area contributed by atoms with Crippen molar-refractivity contribution in [1.82, 2.24) is 5.32 Å². The lowest BCUT2D eigenvalue weighted by Gasteiger charge is -2.20. The van der Waals surface area contributed by atoms with E-state index in [1.54, 1.807) is 6.08 Å². The van der Waals surface area contributed by atoms with Gasteiger partial charge in [-0.1, -0.05) is 358 Å². The zero-order valence-electron chi connectivity index (χ0n) is 55.9. The van der Waals surface area contributed by atoms with Gasteiger partial charge in [0, 0.05) is 12.8 Å². The molecule has 2 unspecified atom stereocenters. The van der Waals surface area contributed by atoms with Crippen LogP contribution in [-0.4, -0.2) is 47.4 Å². The highest BCUT2D eigenvalue weighted by Crippen LogP contribution is 2.19. The Morgan fingerprint density at radius 2 is 0.627 bits per heavy atom. The molecule has 0 aromatic heterocycles. The maximum atomic E-state index is 12.5. The van der Waals surface area contributed by atoms with E-state index in [-0.39, 0.29) is 18.5 Å². The lowest BCUT2D eigenvalue weighted by atomic mass is 10.0. The molecular formula is C77H145NO5. The standard InChI is InChI=1S/C77H145NO5/c1-3-5-7-9-11-13-15-17-18-19-39-42-46-49-53-57-61-65-69-75(80)74(73-79)78-76(81)70-66-62-58-54-50-47-43-40-37-35-33-31-29-27-25-23-21-20-22-24-26-28-30-32-34-36-38-41-44-48-52-56-60-64-68-72-83-77(82)71-67-63-59-55-51-45-16-14-12-10-8-6-4-2/h8,10,14,16,22,24,65,69,74-75,79-80H,3-7,9,11-13,15,17-21,23,25-64,66-68,70-73H2,1-2H3,(H,78,81)/b10-8-,16-14-,24-22-,69-65+. The van der Waals surface area contributed by atoms with Crippen LogP contribution < -0.4 is 5.32 Å². The van der Waals surface area contributed by atoms with Crippen molar-refractivity contribution < 1.29 is 24.5 Å². The fourth-order valence-corrected chi connectivity index (χ4v) is 11.6. The van der Waals surface area contributed by atoms with Gasteiger partial charge in [-0.15, -0.1) is 0 Å². The molecular weight excluding hydrogens is 1020 g/mol. The molecule has 0 aliphatic rings. The zero-order valence-corrected chi connectivity index (χ0v) is 55.9. The Hall–Kier alpha value is -2.18. The third kappa shape index (κ3) is 68.8. The summed E-state index contributed by atoms with van der Waals surface area (Å²) >= 11 is 0. The fourth-order valence-electron chi connectivity index (χ4n) is 11.6. The number of allylic oxidation sites excluding steroid dienone is 7. The van der Waals surface area contributed by atoms with Crippen LogP contribution in [0.25, 0.3) is 0 Å². The van der Waals surface area contributed by atoms with E-state index in [4.69, 9.17) is 4.74 Å². The van der Waals surface area contributed by atoms with E-state index in [9.17, 15) is 19.8 Å². The Morgan fingerprint density at radius 1 is 0.337 bits per heavy atom. The fraction of sp³-hybridized carbons (Fsp3) is 0.870. The van der Waals surface area contributed by atoms with E-state index >= 15 is 0 Å². The monoisotopic (exact) mass is 1160 g/mol. The molecule has 0 aliphatic heterocycles. The highest BCUT2D eigenvalue weighted by molar-refractivity contribution is 5.76. The molecule has 0 spiro atoms. The molecule has 0 aromatic rings. The first kappa shape index (κ1) is 80.8. The molecule has 6 nitrogen and oxygen atoms in total. The van der Waals surface area contributed by atoms with Gasteiger partial charge in [0.05, 0.1) is 25.4 Å². The van der Waals surface area contributed by atoms with Crippen LogP contribution in [0.3, 0.4) is 0 Å². The van der Waals surface area contributed by atoms with Gasteiger partial charge in [-0.25, -0.2) is 0 Å². The van der Waals surface area contributed by atoms with E-state index < -0.39 is 12.1 Å². The predicted molar refractivity (Wildman–Crippen MR) is 366 cm³/mol. The molecule has 2 atom stereocenters. The van der Waals surface area contributed by atoms with Gasteiger partial charge in [0.2, 0.25) is 5.91 Å². The molecule has 3 N–H and O–H groups in total. The number of carbonyl (C=O) groups excluding carboxylic acids is 2. The minimum absolute atomic E-state index is 0.00469. The summed E-state index contributed by atoms with van der Waals surface area (Å²) in [6, 6.07) is -0.626. The van der Waals surface area contributed by atoms with Crippen LogP contribution in [-0.2, 0) is 14.3 Å². The van der Waals surface area contributed by atoms with Gasteiger partial charge in [-0.2, -0.15) is 0 Å². The number of hydrogen-bond donors (Lipinski definition) is 3. The minimum Gasteiger partial charge on any atom is -0.466 e. The lowest BCUT2D eigenvalue weighted by molar-refractivity contribution is -0.143. The molecule has 488 valence electrons. The first-order valence-electron chi connectivity index (χ1n) is 37.4. The topological polar surface area (TPSA) is 95.9 Å². The van der Waals surface area contributed by atoms with Crippen molar-refractivity contribution in [3.63, 3.8) is 0 Å². The summed E-state index contributed by atoms with van der Waals surface area (Å²) in [7, 11) is 0. The van der Waals surface area contributed by atoms with E-state index in [1.807, 2.05) is 6.08 Å². The second kappa shape index (κ2) is 72.3. The van der Waals surface area contributed by atoms with Crippen molar-refractivity contribution in [3.05, 3.63) is 48.6 Å². The minimum atomic E-state index is -0.843. The highest BCUT2D eigenvalue weighted by atomic mass is 16.5. The Morgan fingerprint density at radius 3 is 0.976 bits per heavy atom. The van der Waals surface area contributed by atoms with Crippen molar-refractivity contribution in [1.29, 1.82) is 0 Å². The number of amides is 1. The Labute approximate surface area is 518 Å². The third-order valence-electron chi connectivity index (χ3n) is 17.3. The maximum absolute atomic E-state index is 12.5. The Balaban J connectivity index is 3.36. The molecule has 0 aromatic carbocycles.